The van der Waals surface area contributed by atoms with Gasteiger partial charge in [-0.05, 0) is 0 Å². The molecule has 0 aliphatic heterocycles. The minimum absolute atomic E-state index is 0. The normalized spacial score (nSPS) is 20.0. The zero-order chi connectivity index (χ0) is 13.5. The first-order valence-electron chi connectivity index (χ1n) is 7.22. The van der Waals surface area contributed by atoms with Crippen molar-refractivity contribution in [2.75, 3.05) is 0 Å². The van der Waals surface area contributed by atoms with Crippen LogP contribution in [0.25, 0.3) is 12.2 Å². The van der Waals surface area contributed by atoms with E-state index in [9.17, 15) is 0 Å². The van der Waals surface area contributed by atoms with E-state index in [4.69, 9.17) is 0 Å². The van der Waals surface area contributed by atoms with Gasteiger partial charge in [-0.1, -0.05) is 0 Å². The Morgan fingerprint density at radius 1 is 0.682 bits per heavy atom. The molecule has 2 atom stereocenters. The van der Waals surface area contributed by atoms with E-state index in [1.807, 2.05) is 0 Å². The molecular formula is C18H17Cl2SiTi. The van der Waals surface area contributed by atoms with Crippen molar-refractivity contribution in [3.05, 3.63) is 82.9 Å². The van der Waals surface area contributed by atoms with Gasteiger partial charge in [-0.3, -0.25) is 0 Å². The van der Waals surface area contributed by atoms with Crippen LogP contribution in [-0.4, -0.2) is 8.11 Å². The van der Waals surface area contributed by atoms with Crippen molar-refractivity contribution in [1.29, 1.82) is 0 Å². The van der Waals surface area contributed by atoms with Crippen LogP contribution < -0.4 is 24.8 Å². The number of hydrogen-bond acceptors (Lipinski definition) is 0. The molecule has 0 amide bonds. The Hall–Kier alpha value is -0.569. The van der Waals surface area contributed by atoms with Crippen molar-refractivity contribution >= 4 is 20.3 Å². The number of rotatable bonds is 2. The van der Waals surface area contributed by atoms with E-state index in [0.717, 1.165) is 8.45 Å². The first-order valence-corrected chi connectivity index (χ1v) is 14.7. The van der Waals surface area contributed by atoms with Gasteiger partial charge in [-0.15, -0.1) is 0 Å². The van der Waals surface area contributed by atoms with Crippen LogP contribution in [0, 0.1) is 0 Å². The number of halogens is 2. The van der Waals surface area contributed by atoms with Crippen molar-refractivity contribution in [3.8, 4) is 0 Å². The second kappa shape index (κ2) is 7.33. The molecule has 22 heavy (non-hydrogen) atoms. The zero-order valence-electron chi connectivity index (χ0n) is 12.3. The third kappa shape index (κ3) is 2.93. The Bertz CT molecular complexity index is 665. The molecule has 0 radical (unpaired) electrons. The van der Waals surface area contributed by atoms with Gasteiger partial charge in [0.25, 0.3) is 0 Å². The summed E-state index contributed by atoms with van der Waals surface area (Å²) in [5, 5.41) is 0. The molecule has 2 aliphatic rings. The molecule has 0 fully saturated rings. The van der Waals surface area contributed by atoms with Gasteiger partial charge < -0.3 is 24.8 Å². The molecule has 0 aromatic heterocycles. The van der Waals surface area contributed by atoms with Crippen LogP contribution >= 0.6 is 0 Å². The van der Waals surface area contributed by atoms with Gasteiger partial charge in [0.05, 0.1) is 0 Å². The fraction of sp³-hybridized carbons (Fsp3) is 0.111. The summed E-state index contributed by atoms with van der Waals surface area (Å²) in [6, 6.07) is 17.9. The minimum atomic E-state index is -1.13. The Morgan fingerprint density at radius 2 is 1.09 bits per heavy atom. The predicted molar refractivity (Wildman–Crippen MR) is 86.4 cm³/mol. The van der Waals surface area contributed by atoms with Crippen molar-refractivity contribution in [2.45, 2.75) is 8.45 Å². The molecule has 0 N–H and O–H groups in total. The van der Waals surface area contributed by atoms with E-state index in [2.05, 4.69) is 72.8 Å². The van der Waals surface area contributed by atoms with Gasteiger partial charge in [-0.25, -0.2) is 0 Å². The third-order valence-electron chi connectivity index (χ3n) is 4.58. The molecule has 0 heterocycles. The maximum atomic E-state index is 2.49. The molecule has 0 nitrogen and oxygen atoms in total. The van der Waals surface area contributed by atoms with Crippen LogP contribution in [0.2, 0.25) is 0 Å². The summed E-state index contributed by atoms with van der Waals surface area (Å²) in [4.78, 5) is 0. The van der Waals surface area contributed by atoms with E-state index in [1.54, 1.807) is 11.1 Å². The van der Waals surface area contributed by atoms with Crippen molar-refractivity contribution < 1.29 is 41.9 Å². The van der Waals surface area contributed by atoms with Crippen molar-refractivity contribution in [3.63, 3.8) is 0 Å². The summed E-state index contributed by atoms with van der Waals surface area (Å²) in [5.74, 6) is 0. The number of allylic oxidation sites excluding steroid dienone is 2. The summed E-state index contributed by atoms with van der Waals surface area (Å²) in [6.45, 7) is 0. The standard InChI is InChI=1S/2C9H7.2ClH.H3Si.Ti/c2*1-2-5-9-7-3-6-8(9)4-1;;;;/h2*1-7H;2*1H;1H3;/q;;;;;+2/p-2. The van der Waals surface area contributed by atoms with Crippen LogP contribution in [0.1, 0.15) is 30.7 Å². The number of benzene rings is 2. The third-order valence-corrected chi connectivity index (χ3v) is 14.3. The van der Waals surface area contributed by atoms with E-state index < -0.39 is 17.1 Å². The second-order valence-electron chi connectivity index (χ2n) is 5.68. The average Bonchev–Trinajstić information content (AvgIpc) is 3.11. The number of hydrogen-bond donors (Lipinski definition) is 0. The summed E-state index contributed by atoms with van der Waals surface area (Å²) in [6.07, 6.45) is 9.66. The summed E-state index contributed by atoms with van der Waals surface area (Å²) >= 11 is -1.13. The summed E-state index contributed by atoms with van der Waals surface area (Å²) < 4.78 is 1.53. The summed E-state index contributed by atoms with van der Waals surface area (Å²) in [7, 11) is 1.38. The topological polar surface area (TPSA) is 0 Å². The van der Waals surface area contributed by atoms with Crippen LogP contribution in [0.15, 0.2) is 60.7 Å². The first kappa shape index (κ1) is 17.8. The molecule has 111 valence electrons. The molecule has 2 aromatic carbocycles. The molecular weight excluding hydrogens is 363 g/mol. The zero-order valence-corrected chi connectivity index (χ0v) is 17.4. The Balaban J connectivity index is 0.000000882. The average molecular weight is 380 g/mol. The molecule has 2 unspecified atom stereocenters. The van der Waals surface area contributed by atoms with Crippen LogP contribution in [-0.2, 0) is 17.1 Å². The maximum absolute atomic E-state index is 2.49. The first-order chi connectivity index (χ1) is 9.84. The van der Waals surface area contributed by atoms with Crippen LogP contribution in [0.5, 0.6) is 0 Å². The van der Waals surface area contributed by atoms with Crippen LogP contribution in [0.3, 0.4) is 0 Å². The molecule has 0 spiro atoms. The molecule has 0 saturated carbocycles. The van der Waals surface area contributed by atoms with E-state index in [0.29, 0.717) is 0 Å². The molecule has 4 heteroatoms. The molecule has 2 aromatic rings. The predicted octanol–water partition coefficient (Wildman–Crippen LogP) is -2.57. The van der Waals surface area contributed by atoms with Crippen LogP contribution in [0.4, 0.5) is 0 Å². The molecule has 0 bridgehead atoms. The molecule has 2 aliphatic carbocycles. The van der Waals surface area contributed by atoms with Gasteiger partial charge in [0, 0.05) is 0 Å². The van der Waals surface area contributed by atoms with Gasteiger partial charge in [-0.2, -0.15) is 0 Å². The van der Waals surface area contributed by atoms with E-state index in [1.165, 1.54) is 19.2 Å². The van der Waals surface area contributed by atoms with Gasteiger partial charge in [0.1, 0.15) is 0 Å². The van der Waals surface area contributed by atoms with E-state index in [-0.39, 0.29) is 24.8 Å². The fourth-order valence-corrected chi connectivity index (χ4v) is 11.8. The van der Waals surface area contributed by atoms with Gasteiger partial charge >= 0.3 is 129 Å². The summed E-state index contributed by atoms with van der Waals surface area (Å²) in [5.41, 5.74) is 6.09. The van der Waals surface area contributed by atoms with E-state index >= 15 is 0 Å². The second-order valence-corrected chi connectivity index (χ2v) is 14.7. The number of fused-ring (bicyclic) bond motifs is 2. The molecule has 4 rings (SSSR count). The quantitative estimate of drug-likeness (QED) is 0.503. The Labute approximate surface area is 153 Å². The molecule has 0 saturated heterocycles. The van der Waals surface area contributed by atoms with Gasteiger partial charge in [0.15, 0.2) is 0 Å². The SMILES string of the molecule is [Cl-].[Cl-].[SiH3][Ti+2]([CH]1C=Cc2ccccc21)[CH]1C=Cc2ccccc21. The monoisotopic (exact) mass is 379 g/mol. The Kier molecular flexibility index (Phi) is 5.93. The van der Waals surface area contributed by atoms with Crippen molar-refractivity contribution in [2.24, 2.45) is 0 Å². The Morgan fingerprint density at radius 3 is 1.55 bits per heavy atom. The van der Waals surface area contributed by atoms with Gasteiger partial charge in [0.2, 0.25) is 0 Å². The van der Waals surface area contributed by atoms with Crippen molar-refractivity contribution in [1.82, 2.24) is 0 Å². The fourth-order valence-electron chi connectivity index (χ4n) is 3.49.